The van der Waals surface area contributed by atoms with Crippen molar-refractivity contribution in [1.29, 1.82) is 0 Å². The molecule has 2 atom stereocenters. The number of aromatic nitrogens is 2. The van der Waals surface area contributed by atoms with Crippen LogP contribution in [0.1, 0.15) is 29.8 Å². The third kappa shape index (κ3) is 6.28. The summed E-state index contributed by atoms with van der Waals surface area (Å²) in [6.07, 6.45) is 3.32. The molecule has 4 aromatic rings. The highest BCUT2D eigenvalue weighted by Gasteiger charge is 2.29. The summed E-state index contributed by atoms with van der Waals surface area (Å²) in [5.74, 6) is -0.649. The van der Waals surface area contributed by atoms with Gasteiger partial charge in [0, 0.05) is 41.0 Å². The van der Waals surface area contributed by atoms with Crippen LogP contribution < -0.4 is 5.32 Å². The number of carbonyl (C=O) groups excluding carboxylic acids is 2. The van der Waals surface area contributed by atoms with Gasteiger partial charge in [-0.1, -0.05) is 60.1 Å². The van der Waals surface area contributed by atoms with E-state index in [0.717, 1.165) is 11.3 Å². The van der Waals surface area contributed by atoms with Gasteiger partial charge in [0.15, 0.2) is 0 Å². The molecule has 0 radical (unpaired) electrons. The zero-order valence-corrected chi connectivity index (χ0v) is 22.5. The molecule has 1 aliphatic rings. The van der Waals surface area contributed by atoms with E-state index >= 15 is 0 Å². The van der Waals surface area contributed by atoms with Gasteiger partial charge in [-0.2, -0.15) is 5.10 Å². The first-order valence-electron chi connectivity index (χ1n) is 12.8. The molecule has 1 fully saturated rings. The van der Waals surface area contributed by atoms with Crippen molar-refractivity contribution < 1.29 is 14.3 Å². The van der Waals surface area contributed by atoms with Crippen molar-refractivity contribution in [3.05, 3.63) is 113 Å². The maximum atomic E-state index is 13.9. The predicted octanol–water partition coefficient (Wildman–Crippen LogP) is 5.60. The number of rotatable bonds is 6. The lowest BCUT2D eigenvalue weighted by atomic mass is 10.1. The number of halogens is 1. The summed E-state index contributed by atoms with van der Waals surface area (Å²) in [5.41, 5.74) is 3.64. The monoisotopic (exact) mass is 540 g/mol. The maximum absolute atomic E-state index is 13.9. The Kier molecular flexibility index (Phi) is 7.91. The second kappa shape index (κ2) is 11.7. The van der Waals surface area contributed by atoms with Gasteiger partial charge in [0.2, 0.25) is 0 Å². The van der Waals surface area contributed by atoms with Gasteiger partial charge in [-0.05, 0) is 56.3 Å². The smallest absolute Gasteiger partial charge is 0.270 e. The first-order chi connectivity index (χ1) is 18.9. The van der Waals surface area contributed by atoms with Crippen LogP contribution in [0.5, 0.6) is 0 Å². The number of hydrogen-bond donors (Lipinski definition) is 1. The molecule has 1 N–H and O–H groups in total. The van der Waals surface area contributed by atoms with Gasteiger partial charge in [-0.15, -0.1) is 0 Å². The molecule has 1 saturated heterocycles. The maximum Gasteiger partial charge on any atom is 0.270 e. The van der Waals surface area contributed by atoms with Crippen molar-refractivity contribution in [3.63, 3.8) is 0 Å². The van der Waals surface area contributed by atoms with Gasteiger partial charge >= 0.3 is 0 Å². The molecule has 2 heterocycles. The summed E-state index contributed by atoms with van der Waals surface area (Å²) in [5, 5.41) is 8.33. The average molecular weight is 541 g/mol. The Bertz CT molecular complexity index is 1470. The molecule has 2 unspecified atom stereocenters. The number of amides is 2. The van der Waals surface area contributed by atoms with E-state index in [2.05, 4.69) is 5.32 Å². The Morgan fingerprint density at radius 3 is 2.18 bits per heavy atom. The van der Waals surface area contributed by atoms with Crippen LogP contribution in [0.15, 0.2) is 96.8 Å². The first kappa shape index (κ1) is 26.4. The lowest BCUT2D eigenvalue weighted by Crippen LogP contribution is -2.50. The number of para-hydroxylation sites is 1. The van der Waals surface area contributed by atoms with E-state index < -0.39 is 0 Å². The van der Waals surface area contributed by atoms with Gasteiger partial charge in [0.1, 0.15) is 11.4 Å². The van der Waals surface area contributed by atoms with E-state index in [0.29, 0.717) is 34.9 Å². The van der Waals surface area contributed by atoms with Crippen LogP contribution in [-0.4, -0.2) is 51.8 Å². The standard InChI is InChI=1S/C31H29ClN4O3/c1-21-18-35(19-22(2)39-21)31(38)28(33-30(37)24-9-5-3-6-10-24)17-25-20-36(27-11-7-4-8-12-27)34-29(25)23-13-15-26(32)16-14-23/h3-17,20-22H,18-19H2,1-2H3,(H,33,37). The Morgan fingerprint density at radius 2 is 1.54 bits per heavy atom. The van der Waals surface area contributed by atoms with Crippen LogP contribution in [0.25, 0.3) is 23.0 Å². The van der Waals surface area contributed by atoms with E-state index in [1.807, 2.05) is 68.6 Å². The van der Waals surface area contributed by atoms with Crippen molar-refractivity contribution in [2.24, 2.45) is 0 Å². The van der Waals surface area contributed by atoms with E-state index in [1.165, 1.54) is 0 Å². The molecule has 8 heteroatoms. The molecule has 0 aliphatic carbocycles. The third-order valence-electron chi connectivity index (χ3n) is 6.40. The van der Waals surface area contributed by atoms with Crippen molar-refractivity contribution in [3.8, 4) is 16.9 Å². The van der Waals surface area contributed by atoms with Crippen LogP contribution in [0, 0.1) is 0 Å². The predicted molar refractivity (Wildman–Crippen MR) is 152 cm³/mol. The first-order valence-corrected chi connectivity index (χ1v) is 13.2. The van der Waals surface area contributed by atoms with E-state index in [9.17, 15) is 9.59 Å². The fourth-order valence-electron chi connectivity index (χ4n) is 4.64. The Hall–Kier alpha value is -4.20. The number of morpholine rings is 1. The van der Waals surface area contributed by atoms with Crippen molar-refractivity contribution in [2.45, 2.75) is 26.1 Å². The fourth-order valence-corrected chi connectivity index (χ4v) is 4.77. The Morgan fingerprint density at radius 1 is 0.923 bits per heavy atom. The summed E-state index contributed by atoms with van der Waals surface area (Å²) in [4.78, 5) is 28.8. The van der Waals surface area contributed by atoms with Crippen LogP contribution in [0.4, 0.5) is 0 Å². The van der Waals surface area contributed by atoms with E-state index in [4.69, 9.17) is 21.4 Å². The number of nitrogens with one attached hydrogen (secondary N) is 1. The molecule has 0 spiro atoms. The van der Waals surface area contributed by atoms with E-state index in [-0.39, 0.29) is 29.7 Å². The summed E-state index contributed by atoms with van der Waals surface area (Å²) in [6.45, 7) is 4.72. The molecule has 0 saturated carbocycles. The second-order valence-electron chi connectivity index (χ2n) is 9.57. The molecule has 0 bridgehead atoms. The molecule has 1 aromatic heterocycles. The minimum Gasteiger partial charge on any atom is -0.372 e. The average Bonchev–Trinajstić information content (AvgIpc) is 3.37. The Balaban J connectivity index is 1.60. The van der Waals surface area contributed by atoms with Gasteiger partial charge in [0.25, 0.3) is 11.8 Å². The fraction of sp³-hybridized carbons (Fsp3) is 0.194. The summed E-state index contributed by atoms with van der Waals surface area (Å²) < 4.78 is 7.59. The highest BCUT2D eigenvalue weighted by molar-refractivity contribution is 6.30. The largest absolute Gasteiger partial charge is 0.372 e. The number of benzene rings is 3. The van der Waals surface area contributed by atoms with Crippen LogP contribution in [0.2, 0.25) is 5.02 Å². The van der Waals surface area contributed by atoms with Gasteiger partial charge < -0.3 is 15.0 Å². The quantitative estimate of drug-likeness (QED) is 0.323. The summed E-state index contributed by atoms with van der Waals surface area (Å²) >= 11 is 6.15. The number of carbonyl (C=O) groups is 2. The van der Waals surface area contributed by atoms with Gasteiger partial charge in [-0.25, -0.2) is 4.68 Å². The highest BCUT2D eigenvalue weighted by atomic mass is 35.5. The molecular formula is C31H29ClN4O3. The molecule has 1 aliphatic heterocycles. The molecule has 39 heavy (non-hydrogen) atoms. The third-order valence-corrected chi connectivity index (χ3v) is 6.65. The molecular weight excluding hydrogens is 512 g/mol. The molecule has 2 amide bonds. The van der Waals surface area contributed by atoms with Crippen molar-refractivity contribution >= 4 is 29.5 Å². The van der Waals surface area contributed by atoms with Crippen LogP contribution in [-0.2, 0) is 9.53 Å². The van der Waals surface area contributed by atoms with Gasteiger partial charge in [-0.3, -0.25) is 9.59 Å². The minimum absolute atomic E-state index is 0.116. The Labute approximate surface area is 232 Å². The number of ether oxygens (including phenoxy) is 1. The minimum atomic E-state index is -0.368. The second-order valence-corrected chi connectivity index (χ2v) is 10.0. The van der Waals surface area contributed by atoms with Gasteiger partial charge in [0.05, 0.1) is 17.9 Å². The molecule has 198 valence electrons. The number of hydrogen-bond acceptors (Lipinski definition) is 4. The van der Waals surface area contributed by atoms with Crippen molar-refractivity contribution in [2.75, 3.05) is 13.1 Å². The highest BCUT2D eigenvalue weighted by Crippen LogP contribution is 2.27. The number of nitrogens with zero attached hydrogens (tertiary/aromatic N) is 3. The SMILES string of the molecule is CC1CN(C(=O)C(=Cc2cn(-c3ccccc3)nc2-c2ccc(Cl)cc2)NC(=O)c2ccccc2)CC(C)O1. The topological polar surface area (TPSA) is 76.5 Å². The molecule has 5 rings (SSSR count). The summed E-state index contributed by atoms with van der Waals surface area (Å²) in [6, 6.07) is 25.9. The van der Waals surface area contributed by atoms with Crippen LogP contribution >= 0.6 is 11.6 Å². The van der Waals surface area contributed by atoms with Crippen LogP contribution in [0.3, 0.4) is 0 Å². The van der Waals surface area contributed by atoms with Crippen molar-refractivity contribution in [1.82, 2.24) is 20.0 Å². The zero-order valence-electron chi connectivity index (χ0n) is 21.8. The normalized spacial score (nSPS) is 17.6. The zero-order chi connectivity index (χ0) is 27.4. The molecule has 3 aromatic carbocycles. The summed E-state index contributed by atoms with van der Waals surface area (Å²) in [7, 11) is 0. The molecule has 7 nitrogen and oxygen atoms in total. The lowest BCUT2D eigenvalue weighted by Gasteiger charge is -2.35. The van der Waals surface area contributed by atoms with E-state index in [1.54, 1.807) is 52.1 Å². The lowest BCUT2D eigenvalue weighted by molar-refractivity contribution is -0.139.